The second kappa shape index (κ2) is 6.92. The maximum Gasteiger partial charge on any atom is 0.303 e. The molecule has 0 amide bonds. The lowest BCUT2D eigenvalue weighted by molar-refractivity contribution is -0.136. The van der Waals surface area contributed by atoms with Gasteiger partial charge in [0.2, 0.25) is 0 Å². The van der Waals surface area contributed by atoms with Crippen LogP contribution in [0, 0.1) is 5.92 Å². The molecule has 0 bridgehead atoms. The van der Waals surface area contributed by atoms with Gasteiger partial charge in [-0.1, -0.05) is 40.7 Å². The molecule has 0 radical (unpaired) electrons. The fraction of sp³-hybridized carbons (Fsp3) is 0.647. The summed E-state index contributed by atoms with van der Waals surface area (Å²) in [6.07, 6.45) is 1.22. The van der Waals surface area contributed by atoms with E-state index in [9.17, 15) is 9.59 Å². The molecule has 0 aliphatic rings. The number of aryl methyl sites for hydroxylation is 1. The van der Waals surface area contributed by atoms with Crippen molar-refractivity contribution < 1.29 is 9.90 Å². The molecule has 0 fully saturated rings. The van der Waals surface area contributed by atoms with Crippen molar-refractivity contribution in [1.82, 2.24) is 4.57 Å². The summed E-state index contributed by atoms with van der Waals surface area (Å²) in [5, 5.41) is 8.79. The van der Waals surface area contributed by atoms with Gasteiger partial charge in [-0.15, -0.1) is 0 Å². The molecule has 118 valence electrons. The minimum absolute atomic E-state index is 0.00567. The third-order valence-corrected chi connectivity index (χ3v) is 3.56. The monoisotopic (exact) mass is 293 g/mol. The zero-order valence-corrected chi connectivity index (χ0v) is 13.8. The van der Waals surface area contributed by atoms with Crippen LogP contribution in [0.5, 0.6) is 0 Å². The van der Waals surface area contributed by atoms with Crippen LogP contribution >= 0.6 is 0 Å². The van der Waals surface area contributed by atoms with Crippen molar-refractivity contribution in [2.24, 2.45) is 5.92 Å². The van der Waals surface area contributed by atoms with E-state index < -0.39 is 5.97 Å². The first-order valence-electron chi connectivity index (χ1n) is 7.58. The minimum atomic E-state index is -0.872. The lowest BCUT2D eigenvalue weighted by Gasteiger charge is -2.25. The molecule has 1 rings (SSSR count). The molecule has 21 heavy (non-hydrogen) atoms. The largest absolute Gasteiger partial charge is 0.481 e. The van der Waals surface area contributed by atoms with Crippen molar-refractivity contribution in [3.8, 4) is 0 Å². The van der Waals surface area contributed by atoms with E-state index in [1.165, 1.54) is 0 Å². The smallest absolute Gasteiger partial charge is 0.303 e. The molecular formula is C17H27NO3. The van der Waals surface area contributed by atoms with Crippen LogP contribution in [0.4, 0.5) is 0 Å². The van der Waals surface area contributed by atoms with E-state index in [1.54, 1.807) is 6.07 Å². The molecule has 4 nitrogen and oxygen atoms in total. The fourth-order valence-corrected chi connectivity index (χ4v) is 2.32. The maximum atomic E-state index is 12.6. The Morgan fingerprint density at radius 1 is 1.29 bits per heavy atom. The minimum Gasteiger partial charge on any atom is -0.481 e. The van der Waals surface area contributed by atoms with Gasteiger partial charge in [0.05, 0.1) is 0 Å². The summed E-state index contributed by atoms with van der Waals surface area (Å²) in [6, 6.07) is 3.76. The Morgan fingerprint density at radius 2 is 1.90 bits per heavy atom. The van der Waals surface area contributed by atoms with Crippen LogP contribution in [0.2, 0.25) is 0 Å². The van der Waals surface area contributed by atoms with Crippen LogP contribution in [0.25, 0.3) is 0 Å². The van der Waals surface area contributed by atoms with Gasteiger partial charge in [0.25, 0.3) is 5.56 Å². The van der Waals surface area contributed by atoms with Gasteiger partial charge in [0.15, 0.2) is 0 Å². The number of carboxylic acids is 1. The topological polar surface area (TPSA) is 59.3 Å². The van der Waals surface area contributed by atoms with Gasteiger partial charge in [-0.25, -0.2) is 0 Å². The van der Waals surface area contributed by atoms with Gasteiger partial charge in [-0.2, -0.15) is 0 Å². The Kier molecular flexibility index (Phi) is 5.76. The van der Waals surface area contributed by atoms with Crippen molar-refractivity contribution in [2.45, 2.75) is 65.8 Å². The molecule has 1 aromatic rings. The Morgan fingerprint density at radius 3 is 2.38 bits per heavy atom. The van der Waals surface area contributed by atoms with Crippen molar-refractivity contribution in [3.05, 3.63) is 33.7 Å². The van der Waals surface area contributed by atoms with Crippen LogP contribution in [-0.2, 0) is 23.2 Å². The lowest BCUT2D eigenvalue weighted by atomic mass is 9.90. The predicted molar refractivity (Wildman–Crippen MR) is 84.8 cm³/mol. The highest BCUT2D eigenvalue weighted by atomic mass is 16.4. The first-order valence-corrected chi connectivity index (χ1v) is 7.58. The summed E-state index contributed by atoms with van der Waals surface area (Å²) in [5.74, 6) is -0.351. The molecule has 0 aromatic carbocycles. The zero-order valence-electron chi connectivity index (χ0n) is 13.8. The van der Waals surface area contributed by atoms with Crippen molar-refractivity contribution in [3.63, 3.8) is 0 Å². The normalized spacial score (nSPS) is 11.9. The van der Waals surface area contributed by atoms with E-state index in [-0.39, 0.29) is 17.4 Å². The van der Waals surface area contributed by atoms with Gasteiger partial charge < -0.3 is 9.67 Å². The molecule has 4 heteroatoms. The van der Waals surface area contributed by atoms with Crippen molar-refractivity contribution >= 4 is 5.97 Å². The average Bonchev–Trinajstić information content (AvgIpc) is 2.33. The molecule has 0 saturated carbocycles. The summed E-state index contributed by atoms with van der Waals surface area (Å²) in [4.78, 5) is 23.3. The first-order chi connectivity index (χ1) is 9.62. The summed E-state index contributed by atoms with van der Waals surface area (Å²) < 4.78 is 1.83. The van der Waals surface area contributed by atoms with Crippen LogP contribution in [-0.4, -0.2) is 15.6 Å². The zero-order chi connectivity index (χ0) is 16.2. The Hall–Kier alpha value is -1.58. The van der Waals surface area contributed by atoms with E-state index >= 15 is 0 Å². The Bertz CT molecular complexity index is 550. The summed E-state index contributed by atoms with van der Waals surface area (Å²) in [5.41, 5.74) is 1.45. The summed E-state index contributed by atoms with van der Waals surface area (Å²) >= 11 is 0. The predicted octanol–water partition coefficient (Wildman–Crippen LogP) is 3.21. The number of aromatic nitrogens is 1. The third kappa shape index (κ3) is 5.03. The summed E-state index contributed by atoms with van der Waals surface area (Å²) in [6.45, 7) is 11.2. The number of aliphatic carboxylic acids is 1. The van der Waals surface area contributed by atoms with Gasteiger partial charge in [-0.3, -0.25) is 9.59 Å². The fourth-order valence-electron chi connectivity index (χ4n) is 2.32. The van der Waals surface area contributed by atoms with Gasteiger partial charge in [0, 0.05) is 29.6 Å². The van der Waals surface area contributed by atoms with Crippen molar-refractivity contribution in [1.29, 1.82) is 0 Å². The van der Waals surface area contributed by atoms with Crippen LogP contribution in [0.15, 0.2) is 16.9 Å². The molecule has 0 atom stereocenters. The SMILES string of the molecule is CC(C)CCn1c(C(C)(C)C)ccc(CCC(=O)O)c1=O. The Balaban J connectivity index is 3.21. The highest BCUT2D eigenvalue weighted by Crippen LogP contribution is 2.22. The molecule has 0 aliphatic heterocycles. The van der Waals surface area contributed by atoms with Gasteiger partial charge in [0.1, 0.15) is 0 Å². The molecule has 0 spiro atoms. The number of pyridine rings is 1. The van der Waals surface area contributed by atoms with Gasteiger partial charge >= 0.3 is 5.97 Å². The highest BCUT2D eigenvalue weighted by molar-refractivity contribution is 5.67. The standard InChI is InChI=1S/C17H27NO3/c1-12(2)10-11-18-14(17(3,4)5)8-6-13(16(18)21)7-9-15(19)20/h6,8,12H,7,9-11H2,1-5H3,(H,19,20). The number of carboxylic acid groups (broad SMARTS) is 1. The van der Waals surface area contributed by atoms with E-state index in [0.717, 1.165) is 12.1 Å². The summed E-state index contributed by atoms with van der Waals surface area (Å²) in [7, 11) is 0. The molecule has 0 unspecified atom stereocenters. The second-order valence-electron chi connectivity index (χ2n) is 7.03. The van der Waals surface area contributed by atoms with Crippen LogP contribution in [0.1, 0.15) is 58.7 Å². The number of hydrogen-bond acceptors (Lipinski definition) is 2. The molecule has 1 N–H and O–H groups in total. The number of rotatable bonds is 6. The molecule has 1 aromatic heterocycles. The molecular weight excluding hydrogens is 266 g/mol. The van der Waals surface area contributed by atoms with Crippen LogP contribution < -0.4 is 5.56 Å². The highest BCUT2D eigenvalue weighted by Gasteiger charge is 2.20. The van der Waals surface area contributed by atoms with Crippen LogP contribution in [0.3, 0.4) is 0 Å². The Labute approximate surface area is 126 Å². The first kappa shape index (κ1) is 17.5. The molecule has 0 aliphatic carbocycles. The second-order valence-corrected chi connectivity index (χ2v) is 7.03. The number of hydrogen-bond donors (Lipinski definition) is 1. The van der Waals surface area contributed by atoms with Gasteiger partial charge in [-0.05, 0) is 24.8 Å². The molecule has 1 heterocycles. The number of nitrogens with zero attached hydrogens (tertiary/aromatic N) is 1. The van der Waals surface area contributed by atoms with Crippen molar-refractivity contribution in [2.75, 3.05) is 0 Å². The van der Waals surface area contributed by atoms with E-state index in [1.807, 2.05) is 10.6 Å². The van der Waals surface area contributed by atoms with E-state index in [2.05, 4.69) is 34.6 Å². The van der Waals surface area contributed by atoms with E-state index in [4.69, 9.17) is 5.11 Å². The maximum absolute atomic E-state index is 12.6. The third-order valence-electron chi connectivity index (χ3n) is 3.56. The molecule has 0 saturated heterocycles. The number of carbonyl (C=O) groups is 1. The quantitative estimate of drug-likeness (QED) is 0.876. The van der Waals surface area contributed by atoms with E-state index in [0.29, 0.717) is 24.4 Å². The lowest BCUT2D eigenvalue weighted by Crippen LogP contribution is -2.32. The average molecular weight is 293 g/mol.